The molecular weight excluding hydrogens is 348 g/mol. The fourth-order valence-corrected chi connectivity index (χ4v) is 4.06. The van der Waals surface area contributed by atoms with E-state index in [1.165, 1.54) is 0 Å². The van der Waals surface area contributed by atoms with Gasteiger partial charge in [-0.2, -0.15) is 0 Å². The van der Waals surface area contributed by atoms with Gasteiger partial charge in [-0.1, -0.05) is 0 Å². The van der Waals surface area contributed by atoms with Crippen LogP contribution in [0.3, 0.4) is 0 Å². The molecule has 0 aromatic heterocycles. The summed E-state index contributed by atoms with van der Waals surface area (Å²) in [7, 11) is 0. The van der Waals surface area contributed by atoms with Gasteiger partial charge in [0, 0.05) is 24.2 Å². The molecule has 8 nitrogen and oxygen atoms in total. The summed E-state index contributed by atoms with van der Waals surface area (Å²) in [5, 5.41) is 9.04. The second kappa shape index (κ2) is 6.77. The molecule has 1 aromatic rings. The Balaban J connectivity index is 1.54. The Morgan fingerprint density at radius 1 is 1.07 bits per heavy atom. The molecule has 2 saturated heterocycles. The number of amides is 4. The maximum absolute atomic E-state index is 12.8. The van der Waals surface area contributed by atoms with Crippen LogP contribution in [0.2, 0.25) is 0 Å². The highest BCUT2D eigenvalue weighted by atomic mass is 16.2. The number of piperidine rings is 2. The molecule has 2 fully saturated rings. The van der Waals surface area contributed by atoms with Crippen molar-refractivity contribution < 1.29 is 19.2 Å². The summed E-state index contributed by atoms with van der Waals surface area (Å²) in [6.45, 7) is 3.07. The first-order valence-electron chi connectivity index (χ1n) is 9.29. The summed E-state index contributed by atoms with van der Waals surface area (Å²) in [6.07, 6.45) is 2.24. The molecule has 3 heterocycles. The lowest BCUT2D eigenvalue weighted by Gasteiger charge is -2.29. The van der Waals surface area contributed by atoms with E-state index in [9.17, 15) is 19.2 Å². The van der Waals surface area contributed by atoms with Crippen LogP contribution in [-0.4, -0.2) is 53.2 Å². The molecule has 8 heteroatoms. The van der Waals surface area contributed by atoms with Crippen molar-refractivity contribution in [3.8, 4) is 0 Å². The lowest BCUT2D eigenvalue weighted by Crippen LogP contribution is -2.54. The number of nitrogens with one attached hydrogen (secondary N) is 3. The van der Waals surface area contributed by atoms with E-state index in [0.717, 1.165) is 30.0 Å². The summed E-state index contributed by atoms with van der Waals surface area (Å²) in [5.41, 5.74) is 1.39. The summed E-state index contributed by atoms with van der Waals surface area (Å²) in [6, 6.07) is 4.92. The fourth-order valence-electron chi connectivity index (χ4n) is 4.06. The Kier molecular flexibility index (Phi) is 4.43. The Bertz CT molecular complexity index is 837. The van der Waals surface area contributed by atoms with Crippen molar-refractivity contribution in [3.63, 3.8) is 0 Å². The van der Waals surface area contributed by atoms with Crippen molar-refractivity contribution in [2.24, 2.45) is 0 Å². The molecule has 0 aliphatic carbocycles. The molecular formula is C19H22N4O4. The van der Waals surface area contributed by atoms with Gasteiger partial charge in [-0.05, 0) is 50.9 Å². The molecule has 1 aromatic carbocycles. The van der Waals surface area contributed by atoms with E-state index in [2.05, 4.69) is 22.9 Å². The van der Waals surface area contributed by atoms with Gasteiger partial charge in [0.05, 0.1) is 11.1 Å². The van der Waals surface area contributed by atoms with Gasteiger partial charge < -0.3 is 10.6 Å². The number of anilines is 1. The lowest BCUT2D eigenvalue weighted by atomic mass is 10.00. The molecule has 3 aliphatic heterocycles. The quantitative estimate of drug-likeness (QED) is 0.674. The Morgan fingerprint density at radius 3 is 2.59 bits per heavy atom. The van der Waals surface area contributed by atoms with E-state index < -0.39 is 23.8 Å². The fraction of sp³-hybridized carbons (Fsp3) is 0.474. The van der Waals surface area contributed by atoms with Crippen LogP contribution in [-0.2, 0) is 9.59 Å². The van der Waals surface area contributed by atoms with E-state index >= 15 is 0 Å². The summed E-state index contributed by atoms with van der Waals surface area (Å²) in [5.74, 6) is -1.93. The predicted octanol–water partition coefficient (Wildman–Crippen LogP) is 0.640. The minimum absolute atomic E-state index is 0.116. The molecule has 3 aliphatic rings. The molecule has 142 valence electrons. The third kappa shape index (κ3) is 3.21. The average Bonchev–Trinajstić information content (AvgIpc) is 2.86. The highest BCUT2D eigenvalue weighted by Crippen LogP contribution is 2.30. The van der Waals surface area contributed by atoms with Gasteiger partial charge in [-0.25, -0.2) is 0 Å². The van der Waals surface area contributed by atoms with Crippen molar-refractivity contribution in [1.29, 1.82) is 0 Å². The molecule has 0 bridgehead atoms. The summed E-state index contributed by atoms with van der Waals surface area (Å²) >= 11 is 0. The number of carbonyl (C=O) groups is 4. The van der Waals surface area contributed by atoms with E-state index in [1.807, 2.05) is 0 Å². The number of hydrogen-bond acceptors (Lipinski definition) is 6. The maximum Gasteiger partial charge on any atom is 0.262 e. The maximum atomic E-state index is 12.8. The van der Waals surface area contributed by atoms with Crippen molar-refractivity contribution in [1.82, 2.24) is 15.5 Å². The zero-order chi connectivity index (χ0) is 19.1. The van der Waals surface area contributed by atoms with Crippen molar-refractivity contribution in [3.05, 3.63) is 29.3 Å². The van der Waals surface area contributed by atoms with E-state index in [-0.39, 0.29) is 18.7 Å². The van der Waals surface area contributed by atoms with Gasteiger partial charge in [0.15, 0.2) is 0 Å². The van der Waals surface area contributed by atoms with Gasteiger partial charge in [-0.15, -0.1) is 0 Å². The van der Waals surface area contributed by atoms with Crippen LogP contribution in [0.5, 0.6) is 0 Å². The number of nitrogens with zero attached hydrogens (tertiary/aromatic N) is 1. The van der Waals surface area contributed by atoms with Gasteiger partial charge in [0.25, 0.3) is 11.8 Å². The molecule has 4 amide bonds. The number of rotatable bonds is 3. The summed E-state index contributed by atoms with van der Waals surface area (Å²) < 4.78 is 0. The highest BCUT2D eigenvalue weighted by molar-refractivity contribution is 6.23. The monoisotopic (exact) mass is 370 g/mol. The molecule has 3 atom stereocenters. The Hall–Kier alpha value is -2.74. The average molecular weight is 370 g/mol. The van der Waals surface area contributed by atoms with Gasteiger partial charge in [-0.3, -0.25) is 29.4 Å². The van der Waals surface area contributed by atoms with Gasteiger partial charge in [0.1, 0.15) is 6.04 Å². The largest absolute Gasteiger partial charge is 0.382 e. The zero-order valence-electron chi connectivity index (χ0n) is 15.1. The first kappa shape index (κ1) is 17.7. The lowest BCUT2D eigenvalue weighted by molar-refractivity contribution is -0.136. The number of fused-ring (bicyclic) bond motifs is 1. The molecule has 0 radical (unpaired) electrons. The second-order valence-corrected chi connectivity index (χ2v) is 7.43. The van der Waals surface area contributed by atoms with Crippen LogP contribution in [0.25, 0.3) is 0 Å². The van der Waals surface area contributed by atoms with E-state index in [0.29, 0.717) is 23.2 Å². The Labute approximate surface area is 156 Å². The van der Waals surface area contributed by atoms with Crippen molar-refractivity contribution >= 4 is 29.3 Å². The molecule has 3 N–H and O–H groups in total. The smallest absolute Gasteiger partial charge is 0.262 e. The molecule has 27 heavy (non-hydrogen) atoms. The van der Waals surface area contributed by atoms with Crippen LogP contribution in [0.15, 0.2) is 18.2 Å². The van der Waals surface area contributed by atoms with Crippen molar-refractivity contribution in [2.45, 2.75) is 50.7 Å². The van der Waals surface area contributed by atoms with Crippen LogP contribution in [0.4, 0.5) is 5.69 Å². The summed E-state index contributed by atoms with van der Waals surface area (Å²) in [4.78, 5) is 49.9. The van der Waals surface area contributed by atoms with Crippen LogP contribution >= 0.6 is 0 Å². The molecule has 0 saturated carbocycles. The second-order valence-electron chi connectivity index (χ2n) is 7.43. The predicted molar refractivity (Wildman–Crippen MR) is 97.2 cm³/mol. The SMILES string of the molecule is CC1CC(Nc2ccc3c(c2)C(=O)N(C2CCC(=O)NC2=O)C3=O)CCN1. The van der Waals surface area contributed by atoms with Gasteiger partial charge >= 0.3 is 0 Å². The number of imide groups is 2. The van der Waals surface area contributed by atoms with Gasteiger partial charge in [0.2, 0.25) is 11.8 Å². The van der Waals surface area contributed by atoms with E-state index in [4.69, 9.17) is 0 Å². The molecule has 4 rings (SSSR count). The highest BCUT2D eigenvalue weighted by Gasteiger charge is 2.44. The standard InChI is InChI=1S/C19H22N4O4/c1-10-8-12(6-7-20-10)21-11-2-3-13-14(9-11)19(27)23(18(13)26)15-4-5-16(24)22-17(15)25/h2-3,9-10,12,15,20-21H,4-8H2,1H3,(H,22,24,25). The first-order chi connectivity index (χ1) is 12.9. The zero-order valence-corrected chi connectivity index (χ0v) is 15.1. The molecule has 0 spiro atoms. The van der Waals surface area contributed by atoms with Crippen LogP contribution in [0.1, 0.15) is 53.3 Å². The third-order valence-electron chi connectivity index (χ3n) is 5.43. The van der Waals surface area contributed by atoms with E-state index in [1.54, 1.807) is 18.2 Å². The minimum atomic E-state index is -0.934. The topological polar surface area (TPSA) is 108 Å². The third-order valence-corrected chi connectivity index (χ3v) is 5.43. The normalized spacial score (nSPS) is 28.2. The number of benzene rings is 1. The number of carbonyl (C=O) groups excluding carboxylic acids is 4. The Morgan fingerprint density at radius 2 is 1.85 bits per heavy atom. The first-order valence-corrected chi connectivity index (χ1v) is 9.29. The van der Waals surface area contributed by atoms with Crippen LogP contribution in [0, 0.1) is 0 Å². The minimum Gasteiger partial charge on any atom is -0.382 e. The van der Waals surface area contributed by atoms with Crippen LogP contribution < -0.4 is 16.0 Å². The molecule has 3 unspecified atom stereocenters. The number of hydrogen-bond donors (Lipinski definition) is 3. The van der Waals surface area contributed by atoms with Crippen molar-refractivity contribution in [2.75, 3.05) is 11.9 Å².